The summed E-state index contributed by atoms with van der Waals surface area (Å²) in [5.41, 5.74) is 0.862. The van der Waals surface area contributed by atoms with Gasteiger partial charge < -0.3 is 10.1 Å². The van der Waals surface area contributed by atoms with Gasteiger partial charge in [-0.25, -0.2) is 13.6 Å². The molecule has 3 N–H and O–H groups in total. The molecule has 17 heavy (non-hydrogen) atoms. The number of rotatable bonds is 6. The van der Waals surface area contributed by atoms with Crippen molar-refractivity contribution in [1.29, 1.82) is 0 Å². The van der Waals surface area contributed by atoms with Gasteiger partial charge >= 0.3 is 0 Å². The fourth-order valence-electron chi connectivity index (χ4n) is 1.39. The molecule has 1 aromatic rings. The van der Waals surface area contributed by atoms with Crippen LogP contribution in [0.4, 0.5) is 5.69 Å². The molecule has 0 aliphatic heterocycles. The lowest BCUT2D eigenvalue weighted by atomic mass is 10.2. The number of primary sulfonamides is 1. The zero-order valence-electron chi connectivity index (χ0n) is 10.0. The second kappa shape index (κ2) is 6.00. The average molecular weight is 258 g/mol. The summed E-state index contributed by atoms with van der Waals surface area (Å²) in [5, 5.41) is 8.25. The van der Waals surface area contributed by atoms with Crippen molar-refractivity contribution in [3.8, 4) is 0 Å². The van der Waals surface area contributed by atoms with E-state index in [9.17, 15) is 8.42 Å². The molecule has 0 aliphatic rings. The summed E-state index contributed by atoms with van der Waals surface area (Å²) in [4.78, 5) is 0.118. The molecule has 96 valence electrons. The summed E-state index contributed by atoms with van der Waals surface area (Å²) >= 11 is 0. The number of nitrogens with one attached hydrogen (secondary N) is 1. The van der Waals surface area contributed by atoms with Crippen LogP contribution < -0.4 is 10.5 Å². The molecule has 5 nitrogen and oxygen atoms in total. The van der Waals surface area contributed by atoms with Crippen molar-refractivity contribution in [2.24, 2.45) is 5.14 Å². The molecule has 0 aromatic heterocycles. The molecule has 0 bridgehead atoms. The van der Waals surface area contributed by atoms with Crippen LogP contribution in [0, 0.1) is 0 Å². The lowest BCUT2D eigenvalue weighted by Gasteiger charge is -2.14. The Bertz CT molecular complexity index is 442. The van der Waals surface area contributed by atoms with Gasteiger partial charge in [0.2, 0.25) is 10.0 Å². The maximum atomic E-state index is 11.0. The van der Waals surface area contributed by atoms with Crippen LogP contribution in [0.15, 0.2) is 29.2 Å². The van der Waals surface area contributed by atoms with E-state index in [-0.39, 0.29) is 10.9 Å². The summed E-state index contributed by atoms with van der Waals surface area (Å²) in [6.07, 6.45) is 0.882. The van der Waals surface area contributed by atoms with Gasteiger partial charge in [0.1, 0.15) is 0 Å². The maximum Gasteiger partial charge on any atom is 0.238 e. The van der Waals surface area contributed by atoms with Gasteiger partial charge in [0, 0.05) is 25.4 Å². The first-order valence-corrected chi connectivity index (χ1v) is 6.86. The third kappa shape index (κ3) is 4.72. The highest BCUT2D eigenvalue weighted by Gasteiger charge is 2.07. The van der Waals surface area contributed by atoms with Gasteiger partial charge in [-0.15, -0.1) is 0 Å². The van der Waals surface area contributed by atoms with E-state index in [1.807, 2.05) is 6.92 Å². The Morgan fingerprint density at radius 3 is 2.41 bits per heavy atom. The first kappa shape index (κ1) is 14.0. The van der Waals surface area contributed by atoms with E-state index in [1.165, 1.54) is 12.1 Å². The molecular weight excluding hydrogens is 240 g/mol. The van der Waals surface area contributed by atoms with Crippen LogP contribution in [-0.2, 0) is 14.8 Å². The standard InChI is InChI=1S/C11H18N2O3S/c1-9(7-8-16-2)13-10-3-5-11(6-4-10)17(12,14)15/h3-6,9,13H,7-8H2,1-2H3,(H2,12,14,15). The Morgan fingerprint density at radius 2 is 1.94 bits per heavy atom. The Balaban J connectivity index is 2.63. The largest absolute Gasteiger partial charge is 0.385 e. The van der Waals surface area contributed by atoms with E-state index in [1.54, 1.807) is 19.2 Å². The van der Waals surface area contributed by atoms with Crippen LogP contribution in [0.1, 0.15) is 13.3 Å². The molecule has 1 rings (SSSR count). The quantitative estimate of drug-likeness (QED) is 0.802. The highest BCUT2D eigenvalue weighted by atomic mass is 32.2. The molecule has 0 spiro atoms. The summed E-state index contributed by atoms with van der Waals surface area (Å²) < 4.78 is 27.1. The molecule has 6 heteroatoms. The van der Waals surface area contributed by atoms with Crippen LogP contribution in [0.2, 0.25) is 0 Å². The van der Waals surface area contributed by atoms with E-state index >= 15 is 0 Å². The minimum atomic E-state index is -3.61. The van der Waals surface area contributed by atoms with Crippen LogP contribution in [0.3, 0.4) is 0 Å². The van der Waals surface area contributed by atoms with E-state index in [4.69, 9.17) is 9.88 Å². The minimum Gasteiger partial charge on any atom is -0.385 e. The van der Waals surface area contributed by atoms with E-state index in [0.29, 0.717) is 6.61 Å². The Kier molecular flexibility index (Phi) is 4.92. The lowest BCUT2D eigenvalue weighted by molar-refractivity contribution is 0.191. The topological polar surface area (TPSA) is 81.4 Å². The Hall–Kier alpha value is -1.11. The normalized spacial score (nSPS) is 13.4. The van der Waals surface area contributed by atoms with Crippen LogP contribution in [0.5, 0.6) is 0 Å². The first-order chi connectivity index (χ1) is 7.93. The molecule has 1 aromatic carbocycles. The van der Waals surface area contributed by atoms with Crippen molar-refractivity contribution in [3.05, 3.63) is 24.3 Å². The summed E-state index contributed by atoms with van der Waals surface area (Å²) in [5.74, 6) is 0. The average Bonchev–Trinajstić information content (AvgIpc) is 2.26. The Labute approximate surface area is 102 Å². The SMILES string of the molecule is COCCC(C)Nc1ccc(S(N)(=O)=O)cc1. The monoisotopic (exact) mass is 258 g/mol. The van der Waals surface area contributed by atoms with Crippen molar-refractivity contribution >= 4 is 15.7 Å². The fourth-order valence-corrected chi connectivity index (χ4v) is 1.91. The second-order valence-electron chi connectivity index (χ2n) is 3.90. The number of hydrogen-bond donors (Lipinski definition) is 2. The Morgan fingerprint density at radius 1 is 1.35 bits per heavy atom. The first-order valence-electron chi connectivity index (χ1n) is 5.32. The van der Waals surface area contributed by atoms with Crippen molar-refractivity contribution in [2.45, 2.75) is 24.3 Å². The summed E-state index contributed by atoms with van der Waals surface area (Å²) in [6, 6.07) is 6.63. The van der Waals surface area contributed by atoms with Crippen molar-refractivity contribution in [3.63, 3.8) is 0 Å². The van der Waals surface area contributed by atoms with Crippen molar-refractivity contribution in [1.82, 2.24) is 0 Å². The predicted molar refractivity (Wildman–Crippen MR) is 67.4 cm³/mol. The highest BCUT2D eigenvalue weighted by molar-refractivity contribution is 7.89. The smallest absolute Gasteiger partial charge is 0.238 e. The third-order valence-corrected chi connectivity index (χ3v) is 3.28. The predicted octanol–water partition coefficient (Wildman–Crippen LogP) is 1.17. The van der Waals surface area contributed by atoms with Crippen molar-refractivity contribution in [2.75, 3.05) is 19.0 Å². The van der Waals surface area contributed by atoms with Gasteiger partial charge in [-0.05, 0) is 37.6 Å². The van der Waals surface area contributed by atoms with Crippen LogP contribution in [-0.4, -0.2) is 28.2 Å². The zero-order valence-corrected chi connectivity index (χ0v) is 10.8. The molecule has 0 saturated heterocycles. The summed E-state index contributed by atoms with van der Waals surface area (Å²) in [6.45, 7) is 2.72. The van der Waals surface area contributed by atoms with Gasteiger partial charge in [-0.1, -0.05) is 0 Å². The van der Waals surface area contributed by atoms with Crippen LogP contribution >= 0.6 is 0 Å². The van der Waals surface area contributed by atoms with Gasteiger partial charge in [0.25, 0.3) is 0 Å². The fraction of sp³-hybridized carbons (Fsp3) is 0.455. The second-order valence-corrected chi connectivity index (χ2v) is 5.46. The molecule has 1 atom stereocenters. The number of ether oxygens (including phenoxy) is 1. The lowest BCUT2D eigenvalue weighted by Crippen LogP contribution is -2.17. The highest BCUT2D eigenvalue weighted by Crippen LogP contribution is 2.14. The number of anilines is 1. The molecular formula is C11H18N2O3S. The molecule has 0 fully saturated rings. The molecule has 0 saturated carbocycles. The molecule has 0 aliphatic carbocycles. The molecule has 0 radical (unpaired) electrons. The van der Waals surface area contributed by atoms with E-state index < -0.39 is 10.0 Å². The molecule has 0 amide bonds. The maximum absolute atomic E-state index is 11.0. The van der Waals surface area contributed by atoms with Gasteiger partial charge in [-0.2, -0.15) is 0 Å². The number of methoxy groups -OCH3 is 1. The minimum absolute atomic E-state index is 0.118. The molecule has 0 heterocycles. The van der Waals surface area contributed by atoms with E-state index in [2.05, 4.69) is 5.32 Å². The van der Waals surface area contributed by atoms with Gasteiger partial charge in [-0.3, -0.25) is 0 Å². The number of benzene rings is 1. The molecule has 1 unspecified atom stereocenters. The van der Waals surface area contributed by atoms with Crippen LogP contribution in [0.25, 0.3) is 0 Å². The van der Waals surface area contributed by atoms with E-state index in [0.717, 1.165) is 12.1 Å². The zero-order chi connectivity index (χ0) is 12.9. The van der Waals surface area contributed by atoms with Gasteiger partial charge in [0.05, 0.1) is 4.90 Å². The number of sulfonamides is 1. The van der Waals surface area contributed by atoms with Gasteiger partial charge in [0.15, 0.2) is 0 Å². The van der Waals surface area contributed by atoms with Crippen molar-refractivity contribution < 1.29 is 13.2 Å². The number of hydrogen-bond acceptors (Lipinski definition) is 4. The third-order valence-electron chi connectivity index (χ3n) is 2.35. The summed E-state index contributed by atoms with van der Waals surface area (Å²) in [7, 11) is -1.95. The number of nitrogens with two attached hydrogens (primary N) is 1.